The first-order valence-electron chi connectivity index (χ1n) is 7.72. The van der Waals surface area contributed by atoms with Gasteiger partial charge in [0.05, 0.1) is 22.4 Å². The molecule has 0 saturated heterocycles. The van der Waals surface area contributed by atoms with E-state index in [0.29, 0.717) is 27.8 Å². The number of H-pyrrole nitrogens is 1. The first kappa shape index (κ1) is 17.6. The predicted octanol–water partition coefficient (Wildman–Crippen LogP) is 3.60. The fourth-order valence-corrected chi connectivity index (χ4v) is 2.88. The van der Waals surface area contributed by atoms with Gasteiger partial charge in [-0.2, -0.15) is 5.26 Å². The van der Waals surface area contributed by atoms with Crippen molar-refractivity contribution in [2.75, 3.05) is 5.32 Å². The molecule has 0 aliphatic rings. The third-order valence-electron chi connectivity index (χ3n) is 3.53. The minimum atomic E-state index is -0.463. The Labute approximate surface area is 153 Å². The second kappa shape index (κ2) is 7.80. The second-order valence-electron chi connectivity index (χ2n) is 5.38. The molecule has 1 aromatic heterocycles. The van der Waals surface area contributed by atoms with Crippen LogP contribution in [0.4, 0.5) is 10.1 Å². The number of rotatable bonds is 5. The third-order valence-corrected chi connectivity index (χ3v) is 4.49. The molecule has 0 unspecified atom stereocenters. The van der Waals surface area contributed by atoms with Gasteiger partial charge in [-0.15, -0.1) is 5.10 Å². The number of hydrogen-bond acceptors (Lipinski definition) is 5. The number of carbonyl (C=O) groups is 1. The van der Waals surface area contributed by atoms with E-state index in [1.54, 1.807) is 49.4 Å². The SMILES string of the molecule is C[C@@H](Sc1n[nH]c(-c2ccccc2F)n1)C(=O)Nc1ccc(C#N)cc1. The molecule has 0 spiro atoms. The van der Waals surface area contributed by atoms with Crippen molar-refractivity contribution in [3.8, 4) is 17.5 Å². The second-order valence-corrected chi connectivity index (χ2v) is 6.69. The summed E-state index contributed by atoms with van der Waals surface area (Å²) >= 11 is 1.16. The average Bonchev–Trinajstić information content (AvgIpc) is 3.11. The molecule has 0 aliphatic carbocycles. The van der Waals surface area contributed by atoms with Gasteiger partial charge in [-0.25, -0.2) is 9.37 Å². The summed E-state index contributed by atoms with van der Waals surface area (Å²) < 4.78 is 13.8. The number of halogens is 1. The van der Waals surface area contributed by atoms with Crippen LogP contribution in [0.3, 0.4) is 0 Å². The number of aromatic nitrogens is 3. The number of anilines is 1. The Hall–Kier alpha value is -3.18. The summed E-state index contributed by atoms with van der Waals surface area (Å²) in [7, 11) is 0. The lowest BCUT2D eigenvalue weighted by atomic mass is 10.2. The molecule has 2 N–H and O–H groups in total. The molecule has 0 aliphatic heterocycles. The molecule has 6 nitrogen and oxygen atoms in total. The highest BCUT2D eigenvalue weighted by Crippen LogP contribution is 2.24. The van der Waals surface area contributed by atoms with Crippen molar-refractivity contribution in [2.24, 2.45) is 0 Å². The van der Waals surface area contributed by atoms with Gasteiger partial charge in [0.25, 0.3) is 0 Å². The smallest absolute Gasteiger partial charge is 0.237 e. The summed E-state index contributed by atoms with van der Waals surface area (Å²) in [4.78, 5) is 16.5. The monoisotopic (exact) mass is 367 g/mol. The van der Waals surface area contributed by atoms with Crippen molar-refractivity contribution in [2.45, 2.75) is 17.3 Å². The van der Waals surface area contributed by atoms with Crippen LogP contribution in [0.1, 0.15) is 12.5 Å². The Bertz CT molecular complexity index is 964. The zero-order valence-electron chi connectivity index (χ0n) is 13.7. The zero-order chi connectivity index (χ0) is 18.5. The molecule has 130 valence electrons. The van der Waals surface area contributed by atoms with E-state index in [0.717, 1.165) is 11.8 Å². The fourth-order valence-electron chi connectivity index (χ4n) is 2.16. The average molecular weight is 367 g/mol. The highest BCUT2D eigenvalue weighted by Gasteiger charge is 2.18. The number of nitrogens with one attached hydrogen (secondary N) is 2. The fraction of sp³-hybridized carbons (Fsp3) is 0.111. The number of amides is 1. The lowest BCUT2D eigenvalue weighted by Crippen LogP contribution is -2.22. The van der Waals surface area contributed by atoms with Gasteiger partial charge in [0.15, 0.2) is 5.82 Å². The van der Waals surface area contributed by atoms with E-state index in [-0.39, 0.29) is 5.91 Å². The highest BCUT2D eigenvalue weighted by molar-refractivity contribution is 8.00. The standard InChI is InChI=1S/C18H14FN5OS/c1-11(17(25)21-13-8-6-12(10-20)7-9-13)26-18-22-16(23-24-18)14-4-2-3-5-15(14)19/h2-9,11H,1H3,(H,21,25)(H,22,23,24)/t11-/m1/s1. The summed E-state index contributed by atoms with van der Waals surface area (Å²) in [6.07, 6.45) is 0. The lowest BCUT2D eigenvalue weighted by molar-refractivity contribution is -0.115. The molecular weight excluding hydrogens is 353 g/mol. The number of aromatic amines is 1. The molecule has 0 fully saturated rings. The summed E-state index contributed by atoms with van der Waals surface area (Å²) in [6, 6.07) is 14.9. The molecule has 1 atom stereocenters. The van der Waals surface area contributed by atoms with Gasteiger partial charge in [-0.05, 0) is 43.3 Å². The first-order valence-corrected chi connectivity index (χ1v) is 8.60. The van der Waals surface area contributed by atoms with E-state index in [4.69, 9.17) is 5.26 Å². The molecule has 3 rings (SSSR count). The minimum absolute atomic E-state index is 0.225. The van der Waals surface area contributed by atoms with Crippen LogP contribution < -0.4 is 5.32 Å². The number of hydrogen-bond donors (Lipinski definition) is 2. The topological polar surface area (TPSA) is 94.5 Å². The van der Waals surface area contributed by atoms with Crippen LogP contribution >= 0.6 is 11.8 Å². The van der Waals surface area contributed by atoms with Crippen molar-refractivity contribution in [3.63, 3.8) is 0 Å². The van der Waals surface area contributed by atoms with Crippen molar-refractivity contribution in [1.29, 1.82) is 5.26 Å². The van der Waals surface area contributed by atoms with Crippen LogP contribution in [0.2, 0.25) is 0 Å². The van der Waals surface area contributed by atoms with Crippen LogP contribution in [0.15, 0.2) is 53.7 Å². The van der Waals surface area contributed by atoms with E-state index >= 15 is 0 Å². The minimum Gasteiger partial charge on any atom is -0.325 e. The molecule has 2 aromatic carbocycles. The maximum absolute atomic E-state index is 13.8. The van der Waals surface area contributed by atoms with Crippen LogP contribution in [0, 0.1) is 17.1 Å². The van der Waals surface area contributed by atoms with Crippen LogP contribution in [0.25, 0.3) is 11.4 Å². The van der Waals surface area contributed by atoms with Gasteiger partial charge in [0, 0.05) is 5.69 Å². The summed E-state index contributed by atoms with van der Waals surface area (Å²) in [6.45, 7) is 1.72. The Kier molecular flexibility index (Phi) is 5.29. The van der Waals surface area contributed by atoms with Gasteiger partial charge in [0.2, 0.25) is 11.1 Å². The molecule has 1 amide bonds. The zero-order valence-corrected chi connectivity index (χ0v) is 14.5. The molecule has 0 radical (unpaired) electrons. The third kappa shape index (κ3) is 4.07. The van der Waals surface area contributed by atoms with Gasteiger partial charge < -0.3 is 5.32 Å². The number of benzene rings is 2. The van der Waals surface area contributed by atoms with E-state index in [1.807, 2.05) is 6.07 Å². The quantitative estimate of drug-likeness (QED) is 0.672. The highest BCUT2D eigenvalue weighted by atomic mass is 32.2. The normalized spacial score (nSPS) is 11.6. The first-order chi connectivity index (χ1) is 12.6. The lowest BCUT2D eigenvalue weighted by Gasteiger charge is -2.10. The summed E-state index contributed by atoms with van der Waals surface area (Å²) in [5.41, 5.74) is 1.44. The molecule has 0 saturated carbocycles. The Balaban J connectivity index is 1.64. The van der Waals surface area contributed by atoms with E-state index < -0.39 is 11.1 Å². The van der Waals surface area contributed by atoms with E-state index in [1.165, 1.54) is 6.07 Å². The maximum atomic E-state index is 13.8. The molecular formula is C18H14FN5OS. The molecule has 1 heterocycles. The molecule has 26 heavy (non-hydrogen) atoms. The number of thioether (sulfide) groups is 1. The van der Waals surface area contributed by atoms with Crippen molar-refractivity contribution >= 4 is 23.4 Å². The van der Waals surface area contributed by atoms with Crippen molar-refractivity contribution < 1.29 is 9.18 Å². The molecule has 3 aromatic rings. The van der Waals surface area contributed by atoms with Crippen molar-refractivity contribution in [1.82, 2.24) is 15.2 Å². The van der Waals surface area contributed by atoms with Crippen LogP contribution in [-0.4, -0.2) is 26.3 Å². The van der Waals surface area contributed by atoms with E-state index in [2.05, 4.69) is 20.5 Å². The van der Waals surface area contributed by atoms with Crippen LogP contribution in [-0.2, 0) is 4.79 Å². The molecule has 8 heteroatoms. The number of carbonyl (C=O) groups excluding carboxylic acids is 1. The van der Waals surface area contributed by atoms with Gasteiger partial charge in [-0.1, -0.05) is 23.9 Å². The summed E-state index contributed by atoms with van der Waals surface area (Å²) in [5.74, 6) is -0.311. The predicted molar refractivity (Wildman–Crippen MR) is 96.9 cm³/mol. The van der Waals surface area contributed by atoms with Gasteiger partial charge in [0.1, 0.15) is 5.82 Å². The Morgan fingerprint density at radius 1 is 1.27 bits per heavy atom. The Morgan fingerprint density at radius 2 is 2.00 bits per heavy atom. The Morgan fingerprint density at radius 3 is 2.69 bits per heavy atom. The largest absolute Gasteiger partial charge is 0.325 e. The maximum Gasteiger partial charge on any atom is 0.237 e. The number of nitriles is 1. The van der Waals surface area contributed by atoms with Gasteiger partial charge in [-0.3, -0.25) is 9.89 Å². The van der Waals surface area contributed by atoms with Crippen LogP contribution in [0.5, 0.6) is 0 Å². The molecule has 0 bridgehead atoms. The van der Waals surface area contributed by atoms with Crippen molar-refractivity contribution in [3.05, 3.63) is 59.9 Å². The summed E-state index contributed by atoms with van der Waals surface area (Å²) in [5, 5.41) is 18.2. The van der Waals surface area contributed by atoms with E-state index in [9.17, 15) is 9.18 Å². The number of nitrogens with zero attached hydrogens (tertiary/aromatic N) is 3. The van der Waals surface area contributed by atoms with Gasteiger partial charge >= 0.3 is 0 Å².